The van der Waals surface area contributed by atoms with Gasteiger partial charge in [-0.25, -0.2) is 9.67 Å². The fourth-order valence-corrected chi connectivity index (χ4v) is 3.71. The average molecular weight is 365 g/mol. The lowest BCUT2D eigenvalue weighted by Crippen LogP contribution is -2.41. The van der Waals surface area contributed by atoms with Gasteiger partial charge in [0.1, 0.15) is 19.2 Å². The van der Waals surface area contributed by atoms with Crippen molar-refractivity contribution in [3.8, 4) is 5.69 Å². The first-order valence-corrected chi connectivity index (χ1v) is 8.97. The molecule has 0 atom stereocenters. The van der Waals surface area contributed by atoms with E-state index in [1.165, 1.54) is 23.0 Å². The highest BCUT2D eigenvalue weighted by Crippen LogP contribution is 2.34. The number of nitrogens with zero attached hydrogens (tertiary/aromatic N) is 4. The monoisotopic (exact) mass is 365 g/mol. The Labute approximate surface area is 154 Å². The van der Waals surface area contributed by atoms with Gasteiger partial charge in [0.15, 0.2) is 0 Å². The van der Waals surface area contributed by atoms with Gasteiger partial charge in [0.2, 0.25) is 11.8 Å². The number of anilines is 2. The fraction of sp³-hybridized carbons (Fsp3) is 0.111. The molecule has 8 heteroatoms. The summed E-state index contributed by atoms with van der Waals surface area (Å²) in [5, 5.41) is 6.97. The highest BCUT2D eigenvalue weighted by Gasteiger charge is 2.26. The minimum Gasteiger partial charge on any atom is -0.323 e. The zero-order valence-corrected chi connectivity index (χ0v) is 14.5. The van der Waals surface area contributed by atoms with E-state index in [0.29, 0.717) is 17.1 Å². The predicted octanol–water partition coefficient (Wildman–Crippen LogP) is 2.34. The Morgan fingerprint density at radius 2 is 1.88 bits per heavy atom. The summed E-state index contributed by atoms with van der Waals surface area (Å²) >= 11 is 1.49. The molecule has 2 aromatic carbocycles. The Hall–Kier alpha value is -3.13. The van der Waals surface area contributed by atoms with Crippen molar-refractivity contribution in [2.24, 2.45) is 0 Å². The lowest BCUT2D eigenvalue weighted by atomic mass is 10.2. The predicted molar refractivity (Wildman–Crippen MR) is 99.5 cm³/mol. The molecule has 7 nitrogen and oxygen atoms in total. The first kappa shape index (κ1) is 16.3. The molecule has 0 radical (unpaired) electrons. The van der Waals surface area contributed by atoms with E-state index in [2.05, 4.69) is 15.4 Å². The molecule has 130 valence electrons. The van der Waals surface area contributed by atoms with Gasteiger partial charge >= 0.3 is 0 Å². The average Bonchev–Trinajstić information content (AvgIpc) is 3.19. The number of hydrogen-bond donors (Lipinski definition) is 1. The Morgan fingerprint density at radius 1 is 1.12 bits per heavy atom. The van der Waals surface area contributed by atoms with Gasteiger partial charge in [-0.2, -0.15) is 5.10 Å². The molecule has 1 N–H and O–H groups in total. The number of carbonyl (C=O) groups excluding carboxylic acids is 2. The SMILES string of the molecule is O=C(CN1C(=O)CSc2ccccc21)Nc1ccccc1-n1cncn1. The second-order valence-electron chi connectivity index (χ2n) is 5.64. The molecule has 2 amide bonds. The van der Waals surface area contributed by atoms with Gasteiger partial charge in [-0.15, -0.1) is 11.8 Å². The zero-order chi connectivity index (χ0) is 17.9. The topological polar surface area (TPSA) is 80.1 Å². The Morgan fingerprint density at radius 3 is 2.69 bits per heavy atom. The van der Waals surface area contributed by atoms with Gasteiger partial charge < -0.3 is 10.2 Å². The van der Waals surface area contributed by atoms with Gasteiger partial charge in [-0.3, -0.25) is 9.59 Å². The Kier molecular flexibility index (Phi) is 4.40. The minimum atomic E-state index is -0.271. The van der Waals surface area contributed by atoms with Gasteiger partial charge in [0, 0.05) is 4.90 Å². The van der Waals surface area contributed by atoms with E-state index in [9.17, 15) is 9.59 Å². The van der Waals surface area contributed by atoms with Crippen LogP contribution in [0.4, 0.5) is 11.4 Å². The molecular weight excluding hydrogens is 350 g/mol. The molecule has 2 heterocycles. The molecular formula is C18H15N5O2S. The van der Waals surface area contributed by atoms with Crippen molar-refractivity contribution in [3.05, 3.63) is 61.2 Å². The van der Waals surface area contributed by atoms with Crippen LogP contribution in [0.1, 0.15) is 0 Å². The summed E-state index contributed by atoms with van der Waals surface area (Å²) in [6, 6.07) is 14.9. The van der Waals surface area contributed by atoms with Crippen LogP contribution in [0.2, 0.25) is 0 Å². The minimum absolute atomic E-state index is 0.0396. The summed E-state index contributed by atoms with van der Waals surface area (Å²) in [5.41, 5.74) is 2.09. The molecule has 0 saturated carbocycles. The van der Waals surface area contributed by atoms with Crippen molar-refractivity contribution >= 4 is 35.0 Å². The zero-order valence-electron chi connectivity index (χ0n) is 13.7. The number of hydrogen-bond acceptors (Lipinski definition) is 5. The molecule has 0 bridgehead atoms. The summed E-state index contributed by atoms with van der Waals surface area (Å²) in [6.45, 7) is -0.0396. The Balaban J connectivity index is 1.55. The molecule has 0 fully saturated rings. The number of nitrogens with one attached hydrogen (secondary N) is 1. The smallest absolute Gasteiger partial charge is 0.244 e. The number of thioether (sulfide) groups is 1. The van der Waals surface area contributed by atoms with E-state index < -0.39 is 0 Å². The molecule has 0 saturated heterocycles. The molecule has 26 heavy (non-hydrogen) atoms. The van der Waals surface area contributed by atoms with Crippen LogP contribution < -0.4 is 10.2 Å². The van der Waals surface area contributed by atoms with Crippen molar-refractivity contribution in [2.75, 3.05) is 22.5 Å². The number of benzene rings is 2. The second-order valence-corrected chi connectivity index (χ2v) is 6.66. The second kappa shape index (κ2) is 7.01. The van der Waals surface area contributed by atoms with Crippen molar-refractivity contribution in [2.45, 2.75) is 4.90 Å². The largest absolute Gasteiger partial charge is 0.323 e. The first-order valence-electron chi connectivity index (χ1n) is 7.98. The van der Waals surface area contributed by atoms with Gasteiger partial charge in [0.05, 0.1) is 22.8 Å². The molecule has 1 aliphatic rings. The maximum atomic E-state index is 12.6. The summed E-state index contributed by atoms with van der Waals surface area (Å²) in [4.78, 5) is 31.4. The lowest BCUT2D eigenvalue weighted by molar-refractivity contribution is -0.120. The van der Waals surface area contributed by atoms with Crippen LogP contribution >= 0.6 is 11.8 Å². The lowest BCUT2D eigenvalue weighted by Gasteiger charge is -2.28. The Bertz CT molecular complexity index is 958. The van der Waals surface area contributed by atoms with Crippen molar-refractivity contribution in [1.29, 1.82) is 0 Å². The summed E-state index contributed by atoms with van der Waals surface area (Å²) in [5.74, 6) is -0.0131. The normalized spacial score (nSPS) is 13.4. The van der Waals surface area contributed by atoms with Crippen LogP contribution in [0.25, 0.3) is 5.69 Å². The van der Waals surface area contributed by atoms with Crippen LogP contribution in [0.5, 0.6) is 0 Å². The van der Waals surface area contributed by atoms with Gasteiger partial charge in [-0.05, 0) is 24.3 Å². The molecule has 0 aliphatic carbocycles. The van der Waals surface area contributed by atoms with Crippen LogP contribution in [-0.4, -0.2) is 38.9 Å². The molecule has 1 aliphatic heterocycles. The van der Waals surface area contributed by atoms with Crippen molar-refractivity contribution in [3.63, 3.8) is 0 Å². The summed E-state index contributed by atoms with van der Waals surface area (Å²) in [7, 11) is 0. The maximum absolute atomic E-state index is 12.6. The van der Waals surface area contributed by atoms with Crippen molar-refractivity contribution in [1.82, 2.24) is 14.8 Å². The van der Waals surface area contributed by atoms with E-state index in [-0.39, 0.29) is 18.4 Å². The molecule has 3 aromatic rings. The van der Waals surface area contributed by atoms with E-state index >= 15 is 0 Å². The van der Waals surface area contributed by atoms with E-state index in [1.807, 2.05) is 42.5 Å². The number of fused-ring (bicyclic) bond motifs is 1. The number of para-hydroxylation sites is 3. The summed E-state index contributed by atoms with van der Waals surface area (Å²) in [6.07, 6.45) is 2.99. The quantitative estimate of drug-likeness (QED) is 0.768. The van der Waals surface area contributed by atoms with Gasteiger partial charge in [-0.1, -0.05) is 24.3 Å². The van der Waals surface area contributed by atoms with Crippen LogP contribution in [0.3, 0.4) is 0 Å². The van der Waals surface area contributed by atoms with E-state index in [0.717, 1.165) is 10.6 Å². The molecule has 1 aromatic heterocycles. The molecule has 0 spiro atoms. The highest BCUT2D eigenvalue weighted by atomic mass is 32.2. The van der Waals surface area contributed by atoms with Crippen LogP contribution in [0, 0.1) is 0 Å². The number of rotatable bonds is 4. The number of carbonyl (C=O) groups is 2. The number of amides is 2. The summed E-state index contributed by atoms with van der Waals surface area (Å²) < 4.78 is 1.58. The van der Waals surface area contributed by atoms with E-state index in [4.69, 9.17) is 0 Å². The number of aromatic nitrogens is 3. The first-order chi connectivity index (χ1) is 12.7. The van der Waals surface area contributed by atoms with Crippen molar-refractivity contribution < 1.29 is 9.59 Å². The fourth-order valence-electron chi connectivity index (χ4n) is 2.77. The molecule has 0 unspecified atom stereocenters. The third-order valence-corrected chi connectivity index (χ3v) is 5.00. The highest BCUT2D eigenvalue weighted by molar-refractivity contribution is 8.00. The van der Waals surface area contributed by atoms with Crippen LogP contribution in [-0.2, 0) is 9.59 Å². The molecule has 4 rings (SSSR count). The van der Waals surface area contributed by atoms with Crippen LogP contribution in [0.15, 0.2) is 66.1 Å². The maximum Gasteiger partial charge on any atom is 0.244 e. The third-order valence-electron chi connectivity index (χ3n) is 3.95. The third kappa shape index (κ3) is 3.18. The standard InChI is InChI=1S/C18H15N5O2S/c24-17(9-22-15-7-3-4-8-16(15)26-10-18(22)25)21-13-5-1-2-6-14(13)23-12-19-11-20-23/h1-8,11-12H,9-10H2,(H,21,24). The van der Waals surface area contributed by atoms with Gasteiger partial charge in [0.25, 0.3) is 0 Å². The van der Waals surface area contributed by atoms with E-state index in [1.54, 1.807) is 17.1 Å².